The Balaban J connectivity index is 1.80. The van der Waals surface area contributed by atoms with Gasteiger partial charge in [-0.05, 0) is 26.0 Å². The minimum atomic E-state index is -0.692. The van der Waals surface area contributed by atoms with Gasteiger partial charge in [0.15, 0.2) is 11.6 Å². The van der Waals surface area contributed by atoms with E-state index in [2.05, 4.69) is 15.5 Å². The number of H-pyrrole nitrogens is 1. The maximum absolute atomic E-state index is 13.4. The lowest BCUT2D eigenvalue weighted by Crippen LogP contribution is -2.31. The smallest absolute Gasteiger partial charge is 0.167 e. The molecule has 2 N–H and O–H groups in total. The van der Waals surface area contributed by atoms with Crippen LogP contribution in [-0.2, 0) is 6.54 Å². The summed E-state index contributed by atoms with van der Waals surface area (Å²) in [7, 11) is 0. The largest absolute Gasteiger partial charge is 0.489 e. The van der Waals surface area contributed by atoms with Crippen LogP contribution in [0.25, 0.3) is 0 Å². The number of benzene rings is 1. The van der Waals surface area contributed by atoms with Crippen molar-refractivity contribution < 1.29 is 13.5 Å². The first kappa shape index (κ1) is 14.5. The summed E-state index contributed by atoms with van der Waals surface area (Å²) in [6, 6.07) is 3.29. The lowest BCUT2D eigenvalue weighted by Gasteiger charge is -2.15. The van der Waals surface area contributed by atoms with E-state index in [0.29, 0.717) is 13.2 Å². The van der Waals surface area contributed by atoms with E-state index in [1.165, 1.54) is 12.1 Å². The standard InChI is InChI=1S/C14H17F2N3O/c1-9(17-6-11-7-18-19-10(11)2)8-20-14-4-3-12(15)5-13(14)16/h3-5,7,9,17H,6,8H2,1-2H3,(H,18,19)/t9-/m1/s1. The molecule has 4 nitrogen and oxygen atoms in total. The Bertz CT molecular complexity index is 571. The van der Waals surface area contributed by atoms with Crippen LogP contribution in [0.3, 0.4) is 0 Å². The lowest BCUT2D eigenvalue weighted by molar-refractivity contribution is 0.260. The van der Waals surface area contributed by atoms with Crippen LogP contribution >= 0.6 is 0 Å². The first-order valence-electron chi connectivity index (χ1n) is 6.36. The second-order valence-corrected chi connectivity index (χ2v) is 4.69. The quantitative estimate of drug-likeness (QED) is 0.855. The van der Waals surface area contributed by atoms with Crippen LogP contribution in [0.5, 0.6) is 5.75 Å². The van der Waals surface area contributed by atoms with E-state index in [1.807, 2.05) is 13.8 Å². The highest BCUT2D eigenvalue weighted by molar-refractivity contribution is 5.24. The number of aromatic nitrogens is 2. The van der Waals surface area contributed by atoms with Gasteiger partial charge in [-0.25, -0.2) is 8.78 Å². The third kappa shape index (κ3) is 3.77. The van der Waals surface area contributed by atoms with Crippen molar-refractivity contribution in [2.75, 3.05) is 6.61 Å². The summed E-state index contributed by atoms with van der Waals surface area (Å²) in [5.41, 5.74) is 2.08. The van der Waals surface area contributed by atoms with E-state index in [1.54, 1.807) is 6.20 Å². The van der Waals surface area contributed by atoms with Gasteiger partial charge in [-0.15, -0.1) is 0 Å². The third-order valence-electron chi connectivity index (χ3n) is 2.96. The van der Waals surface area contributed by atoms with E-state index < -0.39 is 11.6 Å². The van der Waals surface area contributed by atoms with Crippen molar-refractivity contribution in [3.05, 3.63) is 47.3 Å². The topological polar surface area (TPSA) is 49.9 Å². The second kappa shape index (κ2) is 6.47. The summed E-state index contributed by atoms with van der Waals surface area (Å²) in [5, 5.41) is 10.0. The molecule has 2 rings (SSSR count). The highest BCUT2D eigenvalue weighted by atomic mass is 19.1. The number of nitrogens with zero attached hydrogens (tertiary/aromatic N) is 1. The van der Waals surface area contributed by atoms with Crippen molar-refractivity contribution in [2.24, 2.45) is 0 Å². The summed E-state index contributed by atoms with van der Waals surface area (Å²) in [6.45, 7) is 4.81. The van der Waals surface area contributed by atoms with Crippen LogP contribution < -0.4 is 10.1 Å². The van der Waals surface area contributed by atoms with Gasteiger partial charge in [0.1, 0.15) is 12.4 Å². The Morgan fingerprint density at radius 2 is 2.20 bits per heavy atom. The Hall–Kier alpha value is -1.95. The maximum atomic E-state index is 13.4. The molecular formula is C14H17F2N3O. The minimum absolute atomic E-state index is 0.0220. The van der Waals surface area contributed by atoms with Gasteiger partial charge in [0, 0.05) is 29.9 Å². The molecule has 0 aliphatic carbocycles. The van der Waals surface area contributed by atoms with Gasteiger partial charge >= 0.3 is 0 Å². The number of rotatable bonds is 6. The molecule has 1 aromatic heterocycles. The van der Waals surface area contributed by atoms with Crippen molar-refractivity contribution in [2.45, 2.75) is 26.4 Å². The van der Waals surface area contributed by atoms with Gasteiger partial charge in [0.05, 0.1) is 6.20 Å². The maximum Gasteiger partial charge on any atom is 0.167 e. The van der Waals surface area contributed by atoms with Gasteiger partial charge in [-0.1, -0.05) is 0 Å². The molecule has 0 unspecified atom stereocenters. The van der Waals surface area contributed by atoms with Crippen LogP contribution in [0.2, 0.25) is 0 Å². The van der Waals surface area contributed by atoms with Crippen molar-refractivity contribution in [3.8, 4) is 5.75 Å². The molecule has 0 aliphatic rings. The summed E-state index contributed by atoms with van der Waals surface area (Å²) in [6.07, 6.45) is 1.76. The van der Waals surface area contributed by atoms with Crippen molar-refractivity contribution in [1.29, 1.82) is 0 Å². The molecule has 0 amide bonds. The number of nitrogens with one attached hydrogen (secondary N) is 2. The summed E-state index contributed by atoms with van der Waals surface area (Å²) in [4.78, 5) is 0. The fourth-order valence-corrected chi connectivity index (χ4v) is 1.70. The molecule has 1 heterocycles. The molecule has 0 saturated heterocycles. The van der Waals surface area contributed by atoms with Gasteiger partial charge in [0.25, 0.3) is 0 Å². The summed E-state index contributed by atoms with van der Waals surface area (Å²) >= 11 is 0. The number of aromatic amines is 1. The molecular weight excluding hydrogens is 264 g/mol. The SMILES string of the molecule is Cc1[nH]ncc1CN[C@H](C)COc1ccc(F)cc1F. The molecule has 2 aromatic rings. The average molecular weight is 281 g/mol. The first-order valence-corrected chi connectivity index (χ1v) is 6.36. The van der Waals surface area contributed by atoms with Gasteiger partial charge in [-0.3, -0.25) is 5.10 Å². The van der Waals surface area contributed by atoms with Crippen LogP contribution in [0.4, 0.5) is 8.78 Å². The fourth-order valence-electron chi connectivity index (χ4n) is 1.70. The molecule has 1 aromatic carbocycles. The van der Waals surface area contributed by atoms with E-state index in [0.717, 1.165) is 17.3 Å². The van der Waals surface area contributed by atoms with E-state index in [9.17, 15) is 8.78 Å². The number of hydrogen-bond acceptors (Lipinski definition) is 3. The number of aryl methyl sites for hydroxylation is 1. The van der Waals surface area contributed by atoms with Gasteiger partial charge < -0.3 is 10.1 Å². The number of ether oxygens (including phenoxy) is 1. The molecule has 0 fully saturated rings. The normalized spacial score (nSPS) is 12.4. The fraction of sp³-hybridized carbons (Fsp3) is 0.357. The van der Waals surface area contributed by atoms with Crippen molar-refractivity contribution >= 4 is 0 Å². The van der Waals surface area contributed by atoms with E-state index in [-0.39, 0.29) is 11.8 Å². The van der Waals surface area contributed by atoms with Crippen LogP contribution in [0.1, 0.15) is 18.2 Å². The highest BCUT2D eigenvalue weighted by Gasteiger charge is 2.08. The van der Waals surface area contributed by atoms with Crippen molar-refractivity contribution in [3.63, 3.8) is 0 Å². The Morgan fingerprint density at radius 3 is 2.85 bits per heavy atom. The molecule has 0 bridgehead atoms. The number of halogens is 2. The van der Waals surface area contributed by atoms with Gasteiger partial charge in [-0.2, -0.15) is 5.10 Å². The zero-order chi connectivity index (χ0) is 14.5. The first-order chi connectivity index (χ1) is 9.56. The monoisotopic (exact) mass is 281 g/mol. The number of hydrogen-bond donors (Lipinski definition) is 2. The predicted octanol–water partition coefficient (Wildman–Crippen LogP) is 2.55. The molecule has 0 radical (unpaired) electrons. The van der Waals surface area contributed by atoms with Crippen LogP contribution in [0.15, 0.2) is 24.4 Å². The van der Waals surface area contributed by atoms with Crippen LogP contribution in [0, 0.1) is 18.6 Å². The average Bonchev–Trinajstić information content (AvgIpc) is 2.81. The minimum Gasteiger partial charge on any atom is -0.489 e. The summed E-state index contributed by atoms with van der Waals surface area (Å²) in [5.74, 6) is -1.25. The third-order valence-corrected chi connectivity index (χ3v) is 2.96. The zero-order valence-corrected chi connectivity index (χ0v) is 11.4. The second-order valence-electron chi connectivity index (χ2n) is 4.69. The summed E-state index contributed by atoms with van der Waals surface area (Å²) < 4.78 is 31.4. The Labute approximate surface area is 116 Å². The molecule has 0 spiro atoms. The highest BCUT2D eigenvalue weighted by Crippen LogP contribution is 2.17. The van der Waals surface area contributed by atoms with Gasteiger partial charge in [0.2, 0.25) is 0 Å². The molecule has 1 atom stereocenters. The van der Waals surface area contributed by atoms with E-state index in [4.69, 9.17) is 4.74 Å². The Morgan fingerprint density at radius 1 is 1.40 bits per heavy atom. The van der Waals surface area contributed by atoms with Crippen molar-refractivity contribution in [1.82, 2.24) is 15.5 Å². The molecule has 6 heteroatoms. The zero-order valence-electron chi connectivity index (χ0n) is 11.4. The Kier molecular flexibility index (Phi) is 4.68. The van der Waals surface area contributed by atoms with Crippen LogP contribution in [-0.4, -0.2) is 22.8 Å². The lowest BCUT2D eigenvalue weighted by atomic mass is 10.2. The molecule has 108 valence electrons. The molecule has 20 heavy (non-hydrogen) atoms. The van der Waals surface area contributed by atoms with E-state index >= 15 is 0 Å². The molecule has 0 aliphatic heterocycles. The predicted molar refractivity (Wildman–Crippen MR) is 71.5 cm³/mol. The molecule has 0 saturated carbocycles.